The molecule has 0 N–H and O–H groups in total. The number of hydrogen-bond acceptors (Lipinski definition) is 9. The summed E-state index contributed by atoms with van der Waals surface area (Å²) in [6.45, 7) is 0.230. The molecule has 0 radical (unpaired) electrons. The van der Waals surface area contributed by atoms with Crippen LogP contribution in [0.25, 0.3) is 11.1 Å². The molecule has 7 rings (SSSR count). The van der Waals surface area contributed by atoms with Gasteiger partial charge in [0.05, 0.1) is 6.08 Å². The minimum atomic E-state index is -1.78. The van der Waals surface area contributed by atoms with E-state index in [1.165, 1.54) is 12.2 Å². The summed E-state index contributed by atoms with van der Waals surface area (Å²) in [6, 6.07) is 6.94. The van der Waals surface area contributed by atoms with Gasteiger partial charge >= 0.3 is 5.79 Å². The fraction of sp³-hybridized carbons (Fsp3) is 0.190. The molecule has 0 bridgehead atoms. The summed E-state index contributed by atoms with van der Waals surface area (Å²) in [5, 5.41) is 0. The molecule has 9 nitrogen and oxygen atoms in total. The topological polar surface area (TPSA) is 90.9 Å². The lowest BCUT2D eigenvalue weighted by Gasteiger charge is -2.30. The molecule has 30 heavy (non-hydrogen) atoms. The predicted octanol–water partition coefficient (Wildman–Crippen LogP) is 2.63. The van der Waals surface area contributed by atoms with Crippen molar-refractivity contribution >= 4 is 5.78 Å². The maximum atomic E-state index is 13.1. The zero-order valence-electron chi connectivity index (χ0n) is 15.3. The monoisotopic (exact) mass is 408 g/mol. The smallest absolute Gasteiger partial charge is 0.340 e. The summed E-state index contributed by atoms with van der Waals surface area (Å²) in [5.74, 6) is 1.44. The summed E-state index contributed by atoms with van der Waals surface area (Å²) < 4.78 is 45.2. The van der Waals surface area contributed by atoms with Gasteiger partial charge in [-0.3, -0.25) is 4.79 Å². The zero-order valence-corrected chi connectivity index (χ0v) is 15.3. The van der Waals surface area contributed by atoms with Crippen molar-refractivity contribution in [1.82, 2.24) is 0 Å². The van der Waals surface area contributed by atoms with Gasteiger partial charge in [-0.15, -0.1) is 0 Å². The van der Waals surface area contributed by atoms with Crippen molar-refractivity contribution in [2.75, 3.05) is 20.4 Å². The first-order valence-electron chi connectivity index (χ1n) is 9.19. The highest BCUT2D eigenvalue weighted by Gasteiger charge is 2.49. The number of benzene rings is 2. The van der Waals surface area contributed by atoms with E-state index in [1.807, 2.05) is 0 Å². The third-order valence-electron chi connectivity index (χ3n) is 5.36. The first kappa shape index (κ1) is 15.9. The maximum Gasteiger partial charge on any atom is 0.340 e. The highest BCUT2D eigenvalue weighted by Crippen LogP contribution is 2.52. The maximum absolute atomic E-state index is 13.1. The van der Waals surface area contributed by atoms with Gasteiger partial charge in [-0.05, 0) is 12.1 Å². The van der Waals surface area contributed by atoms with E-state index in [-0.39, 0.29) is 20.4 Å². The molecule has 5 aliphatic rings. The number of carbonyl (C=O) groups excluding carboxylic acids is 1. The second-order valence-corrected chi connectivity index (χ2v) is 7.06. The fourth-order valence-electron chi connectivity index (χ4n) is 3.93. The molecule has 1 spiro atoms. The highest BCUT2D eigenvalue weighted by atomic mass is 16.7. The predicted molar refractivity (Wildman–Crippen MR) is 96.3 cm³/mol. The van der Waals surface area contributed by atoms with Crippen LogP contribution in [0.2, 0.25) is 0 Å². The third kappa shape index (κ3) is 2.03. The third-order valence-corrected chi connectivity index (χ3v) is 5.36. The zero-order chi connectivity index (χ0) is 19.9. The minimum Gasteiger partial charge on any atom is -0.454 e. The van der Waals surface area contributed by atoms with Gasteiger partial charge < -0.3 is 37.9 Å². The van der Waals surface area contributed by atoms with Gasteiger partial charge in [0.1, 0.15) is 11.5 Å². The SMILES string of the molecule is O=C1C=C2OCOC2=CC12Oc1cc3c(cc1-c1cc4c(cc1O2)OCO4)OCO3. The summed E-state index contributed by atoms with van der Waals surface area (Å²) in [5.41, 5.74) is 1.32. The number of hydrogen-bond donors (Lipinski definition) is 0. The summed E-state index contributed by atoms with van der Waals surface area (Å²) >= 11 is 0. The molecule has 1 saturated heterocycles. The van der Waals surface area contributed by atoms with E-state index < -0.39 is 11.6 Å². The number of carbonyl (C=O) groups is 1. The Labute approximate surface area is 168 Å². The van der Waals surface area contributed by atoms with E-state index in [2.05, 4.69) is 0 Å². The molecule has 9 heteroatoms. The average molecular weight is 408 g/mol. The minimum absolute atomic E-state index is 0.0194. The van der Waals surface area contributed by atoms with Crippen LogP contribution >= 0.6 is 0 Å². The second kappa shape index (κ2) is 5.32. The van der Waals surface area contributed by atoms with Crippen molar-refractivity contribution in [2.24, 2.45) is 0 Å². The van der Waals surface area contributed by atoms with Crippen molar-refractivity contribution in [1.29, 1.82) is 0 Å². The lowest BCUT2D eigenvalue weighted by atomic mass is 10.0. The number of fused-ring (bicyclic) bond motifs is 6. The normalized spacial score (nSPS) is 20.5. The molecule has 150 valence electrons. The van der Waals surface area contributed by atoms with Crippen LogP contribution in [0.3, 0.4) is 0 Å². The molecule has 4 heterocycles. The van der Waals surface area contributed by atoms with Gasteiger partial charge in [0.15, 0.2) is 34.5 Å². The van der Waals surface area contributed by atoms with E-state index in [0.29, 0.717) is 57.1 Å². The van der Waals surface area contributed by atoms with Crippen LogP contribution in [-0.2, 0) is 14.3 Å². The highest BCUT2D eigenvalue weighted by molar-refractivity contribution is 6.01. The molecular weight excluding hydrogens is 396 g/mol. The van der Waals surface area contributed by atoms with Crippen molar-refractivity contribution in [3.63, 3.8) is 0 Å². The Morgan fingerprint density at radius 1 is 0.600 bits per heavy atom. The van der Waals surface area contributed by atoms with Crippen molar-refractivity contribution in [3.05, 3.63) is 47.9 Å². The molecule has 0 saturated carbocycles. The molecule has 0 unspecified atom stereocenters. The van der Waals surface area contributed by atoms with Crippen molar-refractivity contribution in [3.8, 4) is 45.6 Å². The Kier molecular flexibility index (Phi) is 2.81. The van der Waals surface area contributed by atoms with Gasteiger partial charge in [0, 0.05) is 29.3 Å². The summed E-state index contributed by atoms with van der Waals surface area (Å²) in [4.78, 5) is 13.1. The fourth-order valence-corrected chi connectivity index (χ4v) is 3.93. The second-order valence-electron chi connectivity index (χ2n) is 7.06. The largest absolute Gasteiger partial charge is 0.454 e. The van der Waals surface area contributed by atoms with Gasteiger partial charge in [0.25, 0.3) is 0 Å². The van der Waals surface area contributed by atoms with Gasteiger partial charge in [0.2, 0.25) is 26.2 Å². The Hall–Kier alpha value is -4.01. The van der Waals surface area contributed by atoms with Crippen LogP contribution in [0.4, 0.5) is 0 Å². The molecule has 1 fully saturated rings. The van der Waals surface area contributed by atoms with Crippen molar-refractivity contribution < 1.29 is 42.7 Å². The number of rotatable bonds is 0. The number of ketones is 1. The van der Waals surface area contributed by atoms with Crippen LogP contribution in [-0.4, -0.2) is 31.9 Å². The van der Waals surface area contributed by atoms with E-state index in [0.717, 1.165) is 0 Å². The average Bonchev–Trinajstić information content (AvgIpc) is 3.45. The molecule has 4 aliphatic heterocycles. The Balaban J connectivity index is 1.48. The van der Waals surface area contributed by atoms with E-state index in [9.17, 15) is 4.79 Å². The molecule has 0 atom stereocenters. The van der Waals surface area contributed by atoms with Crippen LogP contribution in [0.15, 0.2) is 47.9 Å². The van der Waals surface area contributed by atoms with E-state index >= 15 is 0 Å². The van der Waals surface area contributed by atoms with Gasteiger partial charge in [-0.2, -0.15) is 0 Å². The van der Waals surface area contributed by atoms with Crippen LogP contribution in [0.1, 0.15) is 0 Å². The first-order valence-corrected chi connectivity index (χ1v) is 9.19. The van der Waals surface area contributed by atoms with E-state index in [4.69, 9.17) is 37.9 Å². The summed E-state index contributed by atoms with van der Waals surface area (Å²) in [7, 11) is 0. The lowest BCUT2D eigenvalue weighted by Crippen LogP contribution is -2.49. The van der Waals surface area contributed by atoms with Crippen LogP contribution < -0.4 is 28.4 Å². The van der Waals surface area contributed by atoms with Gasteiger partial charge in [-0.1, -0.05) is 0 Å². The molecule has 0 aromatic heterocycles. The van der Waals surface area contributed by atoms with Crippen LogP contribution in [0, 0.1) is 0 Å². The van der Waals surface area contributed by atoms with Crippen LogP contribution in [0.5, 0.6) is 34.5 Å². The molecular formula is C21H12O9. The molecule has 1 aliphatic carbocycles. The molecule has 2 aromatic rings. The quantitative estimate of drug-likeness (QED) is 0.652. The Morgan fingerprint density at radius 3 is 1.70 bits per heavy atom. The summed E-state index contributed by atoms with van der Waals surface area (Å²) in [6.07, 6.45) is 2.79. The standard InChI is InChI=1S/C21H12O9/c22-20-5-18-19(28-9-27-18)6-21(20)29-12-3-16-14(23-7-25-16)1-10(12)11-2-15-17(26-8-24-15)4-13(11)30-21/h1-6H,7-9H2. The number of ether oxygens (including phenoxy) is 8. The first-order chi connectivity index (χ1) is 14.7. The van der Waals surface area contributed by atoms with Gasteiger partial charge in [-0.25, -0.2) is 0 Å². The molecule has 2 aromatic carbocycles. The Bertz CT molecular complexity index is 1140. The van der Waals surface area contributed by atoms with E-state index in [1.54, 1.807) is 24.3 Å². The molecule has 0 amide bonds. The van der Waals surface area contributed by atoms with Crippen molar-refractivity contribution in [2.45, 2.75) is 5.79 Å². The Morgan fingerprint density at radius 2 is 1.10 bits per heavy atom. The lowest BCUT2D eigenvalue weighted by molar-refractivity contribution is -0.147.